The number of esters is 1. The lowest BCUT2D eigenvalue weighted by Crippen LogP contribution is -2.58. The normalized spacial score (nSPS) is 22.6. The molecule has 0 saturated carbocycles. The third-order valence-corrected chi connectivity index (χ3v) is 8.32. The molecule has 1 fully saturated rings. The molecule has 5 unspecified atom stereocenters. The Labute approximate surface area is 256 Å². The Kier molecular flexibility index (Phi) is 7.67. The topological polar surface area (TPSA) is 180 Å². The fourth-order valence-electron chi connectivity index (χ4n) is 5.96. The van der Waals surface area contributed by atoms with Crippen LogP contribution in [-0.4, -0.2) is 73.8 Å². The van der Waals surface area contributed by atoms with Gasteiger partial charge in [-0.1, -0.05) is 36.4 Å². The summed E-state index contributed by atoms with van der Waals surface area (Å²) in [7, 11) is 0. The van der Waals surface area contributed by atoms with Gasteiger partial charge in [-0.2, -0.15) is 0 Å². The lowest BCUT2D eigenvalue weighted by atomic mass is 9.77. The fraction of sp³-hybridized carbons (Fsp3) is 0.265. The zero-order valence-electron chi connectivity index (χ0n) is 24.5. The summed E-state index contributed by atoms with van der Waals surface area (Å²) < 4.78 is 16.9. The van der Waals surface area contributed by atoms with Crippen molar-refractivity contribution in [3.63, 3.8) is 0 Å². The Bertz CT molecular complexity index is 1900. The number of rotatable bonds is 5. The summed E-state index contributed by atoms with van der Waals surface area (Å²) in [6.07, 6.45) is -7.06. The van der Waals surface area contributed by atoms with Crippen LogP contribution in [0.3, 0.4) is 0 Å². The molecule has 0 spiro atoms. The molecule has 4 aromatic carbocycles. The number of phenols is 1. The van der Waals surface area contributed by atoms with Gasteiger partial charge in [-0.05, 0) is 53.9 Å². The Morgan fingerprint density at radius 1 is 0.844 bits per heavy atom. The smallest absolute Gasteiger partial charge is 0.308 e. The molecule has 5 N–H and O–H groups in total. The van der Waals surface area contributed by atoms with Crippen LogP contribution in [0.15, 0.2) is 54.6 Å². The predicted octanol–water partition coefficient (Wildman–Crippen LogP) is 2.92. The quantitative estimate of drug-likeness (QED) is 0.145. The number of hydrogen-bond acceptors (Lipinski definition) is 11. The number of phenolic OH excluding ortho intramolecular Hbond substituents is 1. The minimum atomic E-state index is -1.68. The molecule has 4 aromatic rings. The first-order chi connectivity index (χ1) is 21.4. The average molecular weight is 615 g/mol. The van der Waals surface area contributed by atoms with Gasteiger partial charge in [0.1, 0.15) is 35.6 Å². The largest absolute Gasteiger partial charge is 0.507 e. The number of benzene rings is 4. The number of aliphatic hydroxyl groups excluding tert-OH is 4. The number of aliphatic hydroxyl groups is 4. The number of aromatic hydroxyl groups is 1. The molecular formula is C34H30O11. The molecule has 45 heavy (non-hydrogen) atoms. The summed E-state index contributed by atoms with van der Waals surface area (Å²) in [4.78, 5) is 40.7. The minimum Gasteiger partial charge on any atom is -0.507 e. The number of carbonyl (C=O) groups is 3. The van der Waals surface area contributed by atoms with E-state index in [0.717, 1.165) is 10.8 Å². The molecule has 6 rings (SSSR count). The van der Waals surface area contributed by atoms with Crippen LogP contribution >= 0.6 is 0 Å². The number of hydrogen-bond donors (Lipinski definition) is 5. The molecule has 1 aliphatic heterocycles. The van der Waals surface area contributed by atoms with Crippen LogP contribution in [0.1, 0.15) is 56.8 Å². The van der Waals surface area contributed by atoms with Crippen molar-refractivity contribution in [3.8, 4) is 28.4 Å². The predicted molar refractivity (Wildman–Crippen MR) is 159 cm³/mol. The Morgan fingerprint density at radius 2 is 1.56 bits per heavy atom. The van der Waals surface area contributed by atoms with Crippen molar-refractivity contribution in [2.24, 2.45) is 0 Å². The van der Waals surface area contributed by atoms with E-state index in [1.807, 2.05) is 30.3 Å². The van der Waals surface area contributed by atoms with Crippen LogP contribution in [0.4, 0.5) is 0 Å². The van der Waals surface area contributed by atoms with Crippen molar-refractivity contribution in [3.05, 3.63) is 88.0 Å². The van der Waals surface area contributed by atoms with Crippen LogP contribution < -0.4 is 9.47 Å². The molecule has 11 nitrogen and oxygen atoms in total. The van der Waals surface area contributed by atoms with Crippen molar-refractivity contribution < 1.29 is 54.1 Å². The first-order valence-electron chi connectivity index (χ1n) is 14.2. The van der Waals surface area contributed by atoms with Crippen LogP contribution in [-0.2, 0) is 16.1 Å². The van der Waals surface area contributed by atoms with Crippen LogP contribution in [0.25, 0.3) is 21.9 Å². The first-order valence-corrected chi connectivity index (χ1v) is 14.2. The highest BCUT2D eigenvalue weighted by atomic mass is 16.7. The molecule has 0 radical (unpaired) electrons. The van der Waals surface area contributed by atoms with E-state index < -0.39 is 60.6 Å². The first kappa shape index (κ1) is 30.4. The fourth-order valence-corrected chi connectivity index (χ4v) is 5.96. The van der Waals surface area contributed by atoms with E-state index in [2.05, 4.69) is 0 Å². The van der Waals surface area contributed by atoms with E-state index in [1.165, 1.54) is 32.9 Å². The summed E-state index contributed by atoms with van der Waals surface area (Å²) in [6, 6.07) is 15.4. The lowest BCUT2D eigenvalue weighted by Gasteiger charge is -2.39. The maximum atomic E-state index is 14.4. The molecule has 0 bridgehead atoms. The number of ketones is 2. The van der Waals surface area contributed by atoms with Gasteiger partial charge < -0.3 is 39.7 Å². The average Bonchev–Trinajstić information content (AvgIpc) is 3.02. The van der Waals surface area contributed by atoms with Crippen molar-refractivity contribution in [2.45, 2.75) is 58.1 Å². The van der Waals surface area contributed by atoms with E-state index in [-0.39, 0.29) is 50.4 Å². The van der Waals surface area contributed by atoms with E-state index in [9.17, 15) is 39.9 Å². The molecule has 0 aromatic heterocycles. The molecule has 1 saturated heterocycles. The Hall–Kier alpha value is -4.65. The van der Waals surface area contributed by atoms with Crippen molar-refractivity contribution in [2.75, 3.05) is 0 Å². The molecule has 1 aliphatic carbocycles. The monoisotopic (exact) mass is 614 g/mol. The summed E-state index contributed by atoms with van der Waals surface area (Å²) in [5.74, 6) is -2.88. The second kappa shape index (κ2) is 11.4. The third-order valence-electron chi connectivity index (χ3n) is 8.32. The zero-order valence-corrected chi connectivity index (χ0v) is 24.5. The van der Waals surface area contributed by atoms with Gasteiger partial charge in [0.2, 0.25) is 6.29 Å². The van der Waals surface area contributed by atoms with Gasteiger partial charge in [-0.3, -0.25) is 14.4 Å². The lowest BCUT2D eigenvalue weighted by molar-refractivity contribution is -0.268. The standard InChI is InChI=1S/C34H30O11/c1-14-22(45-34-33(42)32(41)29(38)15(2)43-34)12-21-26(28(14)37)31(40)25-20(13-35)11-23(44-16(3)36)24(27(25)30(21)39)19-9-8-17-6-4-5-7-18(17)10-19/h4-12,15,29,32-35,37-38,41-42H,13H2,1-3H3. The molecule has 5 atom stereocenters. The van der Waals surface area contributed by atoms with E-state index in [1.54, 1.807) is 12.1 Å². The second-order valence-electron chi connectivity index (χ2n) is 11.2. The minimum absolute atomic E-state index is 0.0208. The van der Waals surface area contributed by atoms with Crippen molar-refractivity contribution >= 4 is 28.3 Å². The van der Waals surface area contributed by atoms with Crippen LogP contribution in [0.2, 0.25) is 0 Å². The second-order valence-corrected chi connectivity index (χ2v) is 11.2. The van der Waals surface area contributed by atoms with Gasteiger partial charge in [0.25, 0.3) is 0 Å². The summed E-state index contributed by atoms with van der Waals surface area (Å²) in [5.41, 5.74) is -0.168. The molecular weight excluding hydrogens is 584 g/mol. The Balaban J connectivity index is 1.56. The van der Waals surface area contributed by atoms with Crippen LogP contribution in [0, 0.1) is 6.92 Å². The number of fused-ring (bicyclic) bond motifs is 3. The van der Waals surface area contributed by atoms with Gasteiger partial charge in [0.15, 0.2) is 11.6 Å². The van der Waals surface area contributed by atoms with E-state index >= 15 is 0 Å². The van der Waals surface area contributed by atoms with Gasteiger partial charge in [-0.25, -0.2) is 0 Å². The summed E-state index contributed by atoms with van der Waals surface area (Å²) in [6.45, 7) is 3.42. The third kappa shape index (κ3) is 4.95. The highest BCUT2D eigenvalue weighted by Gasteiger charge is 2.44. The van der Waals surface area contributed by atoms with Gasteiger partial charge >= 0.3 is 5.97 Å². The molecule has 2 aliphatic rings. The number of ether oxygens (including phenoxy) is 3. The highest BCUT2D eigenvalue weighted by molar-refractivity contribution is 6.32. The van der Waals surface area contributed by atoms with E-state index in [0.29, 0.717) is 5.56 Å². The molecule has 232 valence electrons. The van der Waals surface area contributed by atoms with Gasteiger partial charge in [0.05, 0.1) is 18.3 Å². The van der Waals surface area contributed by atoms with Crippen molar-refractivity contribution in [1.29, 1.82) is 0 Å². The van der Waals surface area contributed by atoms with E-state index in [4.69, 9.17) is 14.2 Å². The summed E-state index contributed by atoms with van der Waals surface area (Å²) in [5, 5.41) is 54.0. The highest BCUT2D eigenvalue weighted by Crippen LogP contribution is 2.47. The Morgan fingerprint density at radius 3 is 2.24 bits per heavy atom. The molecule has 1 heterocycles. The molecule has 0 amide bonds. The maximum absolute atomic E-state index is 14.4. The number of carbonyl (C=O) groups excluding carboxylic acids is 3. The molecule has 11 heteroatoms. The van der Waals surface area contributed by atoms with Gasteiger partial charge in [-0.15, -0.1) is 0 Å². The maximum Gasteiger partial charge on any atom is 0.308 e. The zero-order chi connectivity index (χ0) is 32.3. The van der Waals surface area contributed by atoms with Gasteiger partial charge in [0, 0.05) is 34.7 Å². The summed E-state index contributed by atoms with van der Waals surface area (Å²) >= 11 is 0. The van der Waals surface area contributed by atoms with Crippen LogP contribution in [0.5, 0.6) is 17.2 Å². The SMILES string of the molecule is CC(=O)Oc1cc(CO)c2c(c1-c1ccc3ccccc3c1)C(=O)c1cc(OC3OC(C)C(O)C(O)C3O)c(C)c(O)c1C2=O. The van der Waals surface area contributed by atoms with Crippen molar-refractivity contribution in [1.82, 2.24) is 0 Å².